The van der Waals surface area contributed by atoms with Crippen LogP contribution in [0.5, 0.6) is 0 Å². The molecule has 1 amide bonds. The molecule has 6 nitrogen and oxygen atoms in total. The van der Waals surface area contributed by atoms with Gasteiger partial charge in [0.2, 0.25) is 5.91 Å². The highest BCUT2D eigenvalue weighted by molar-refractivity contribution is 8.00. The highest BCUT2D eigenvalue weighted by atomic mass is 32.2. The molecule has 0 spiro atoms. The van der Waals surface area contributed by atoms with E-state index in [-0.39, 0.29) is 23.0 Å². The number of imidazole rings is 1. The molecule has 3 rings (SSSR count). The number of rotatable bonds is 6. The molecule has 0 radical (unpaired) electrons. The van der Waals surface area contributed by atoms with Gasteiger partial charge in [-0.15, -0.1) is 0 Å². The van der Waals surface area contributed by atoms with Gasteiger partial charge in [-0.1, -0.05) is 17.8 Å². The van der Waals surface area contributed by atoms with Gasteiger partial charge in [0, 0.05) is 24.5 Å². The van der Waals surface area contributed by atoms with E-state index in [1.54, 1.807) is 53.0 Å². The van der Waals surface area contributed by atoms with Crippen LogP contribution in [0.25, 0.3) is 5.69 Å². The number of anilines is 1. The summed E-state index contributed by atoms with van der Waals surface area (Å²) in [6, 6.07) is 8.17. The molecule has 0 aliphatic carbocycles. The quantitative estimate of drug-likeness (QED) is 0.666. The molecule has 0 aliphatic rings. The first kappa shape index (κ1) is 18.2. The lowest BCUT2D eigenvalue weighted by Gasteiger charge is -2.15. The van der Waals surface area contributed by atoms with E-state index in [1.807, 2.05) is 13.8 Å². The Hall–Kier alpha value is -2.61. The minimum absolute atomic E-state index is 0.147. The summed E-state index contributed by atoms with van der Waals surface area (Å²) < 4.78 is 17.0. The monoisotopic (exact) mass is 373 g/mol. The second kappa shape index (κ2) is 7.74. The molecule has 0 saturated carbocycles. The van der Waals surface area contributed by atoms with Crippen LogP contribution in [0.1, 0.15) is 26.8 Å². The number of aromatic nitrogens is 4. The van der Waals surface area contributed by atoms with Crippen molar-refractivity contribution in [3.63, 3.8) is 0 Å². The summed E-state index contributed by atoms with van der Waals surface area (Å²) in [5.74, 6) is 0.192. The molecule has 0 saturated heterocycles. The lowest BCUT2D eigenvalue weighted by atomic mass is 10.3. The Morgan fingerprint density at radius 3 is 2.77 bits per heavy atom. The third kappa shape index (κ3) is 3.96. The van der Waals surface area contributed by atoms with Gasteiger partial charge < -0.3 is 5.32 Å². The fourth-order valence-corrected chi connectivity index (χ4v) is 3.35. The lowest BCUT2D eigenvalue weighted by Crippen LogP contribution is -2.25. The number of thioether (sulfide) groups is 1. The summed E-state index contributed by atoms with van der Waals surface area (Å²) in [6.07, 6.45) is 5.03. The molecular weight excluding hydrogens is 353 g/mol. The zero-order valence-corrected chi connectivity index (χ0v) is 15.6. The third-order valence-corrected chi connectivity index (χ3v) is 4.84. The minimum atomic E-state index is -0.389. The molecule has 0 bridgehead atoms. The van der Waals surface area contributed by atoms with Crippen molar-refractivity contribution in [2.45, 2.75) is 37.2 Å². The summed E-state index contributed by atoms with van der Waals surface area (Å²) in [4.78, 5) is 16.8. The molecule has 0 unspecified atom stereocenters. The molecule has 26 heavy (non-hydrogen) atoms. The maximum atomic E-state index is 13.5. The number of benzene rings is 1. The van der Waals surface area contributed by atoms with E-state index in [9.17, 15) is 9.18 Å². The molecule has 0 aliphatic heterocycles. The predicted molar refractivity (Wildman–Crippen MR) is 100 cm³/mol. The summed E-state index contributed by atoms with van der Waals surface area (Å²) in [5.41, 5.74) is 0.662. The number of nitrogens with zero attached hydrogens (tertiary/aromatic N) is 4. The Morgan fingerprint density at radius 2 is 2.04 bits per heavy atom. The number of hydrogen-bond donors (Lipinski definition) is 1. The van der Waals surface area contributed by atoms with E-state index < -0.39 is 0 Å². The second-order valence-electron chi connectivity index (χ2n) is 6.06. The number of hydrogen-bond acceptors (Lipinski definition) is 4. The van der Waals surface area contributed by atoms with Crippen LogP contribution in [0, 0.1) is 5.82 Å². The SMILES string of the molecule is CC(C)n1nccc1NC(=O)[C@H](C)Sc1nccn1-c1cccc(F)c1. The minimum Gasteiger partial charge on any atom is -0.310 e. The predicted octanol–water partition coefficient (Wildman–Crippen LogP) is 3.91. The number of halogens is 1. The largest absolute Gasteiger partial charge is 0.310 e. The van der Waals surface area contributed by atoms with Crippen molar-refractivity contribution in [1.82, 2.24) is 19.3 Å². The van der Waals surface area contributed by atoms with Crippen molar-refractivity contribution in [3.05, 3.63) is 54.7 Å². The van der Waals surface area contributed by atoms with Crippen LogP contribution in [0.3, 0.4) is 0 Å². The van der Waals surface area contributed by atoms with Gasteiger partial charge in [-0.3, -0.25) is 9.36 Å². The normalized spacial score (nSPS) is 12.3. The molecule has 1 atom stereocenters. The van der Waals surface area contributed by atoms with E-state index in [0.717, 1.165) is 0 Å². The smallest absolute Gasteiger partial charge is 0.238 e. The zero-order valence-electron chi connectivity index (χ0n) is 14.8. The van der Waals surface area contributed by atoms with Crippen molar-refractivity contribution in [2.24, 2.45) is 0 Å². The van der Waals surface area contributed by atoms with Crippen LogP contribution >= 0.6 is 11.8 Å². The van der Waals surface area contributed by atoms with E-state index in [2.05, 4.69) is 15.4 Å². The maximum Gasteiger partial charge on any atom is 0.238 e. The molecular formula is C18H20FN5OS. The zero-order chi connectivity index (χ0) is 18.7. The third-order valence-electron chi connectivity index (χ3n) is 3.76. The molecule has 8 heteroatoms. The van der Waals surface area contributed by atoms with E-state index in [0.29, 0.717) is 16.7 Å². The molecule has 1 N–H and O–H groups in total. The van der Waals surface area contributed by atoms with Gasteiger partial charge >= 0.3 is 0 Å². The molecule has 136 valence electrons. The first-order chi connectivity index (χ1) is 12.5. The van der Waals surface area contributed by atoms with Crippen LogP contribution in [-0.2, 0) is 4.79 Å². The van der Waals surface area contributed by atoms with Gasteiger partial charge in [-0.05, 0) is 39.0 Å². The Balaban J connectivity index is 1.72. The second-order valence-corrected chi connectivity index (χ2v) is 7.37. The first-order valence-electron chi connectivity index (χ1n) is 8.26. The highest BCUT2D eigenvalue weighted by Gasteiger charge is 2.19. The number of amides is 1. The highest BCUT2D eigenvalue weighted by Crippen LogP contribution is 2.26. The van der Waals surface area contributed by atoms with Crippen molar-refractivity contribution in [2.75, 3.05) is 5.32 Å². The molecule has 2 aromatic heterocycles. The van der Waals surface area contributed by atoms with Gasteiger partial charge in [-0.2, -0.15) is 5.10 Å². The fourth-order valence-electron chi connectivity index (χ4n) is 2.46. The van der Waals surface area contributed by atoms with Gasteiger partial charge in [0.1, 0.15) is 11.6 Å². The van der Waals surface area contributed by atoms with Gasteiger partial charge in [0.15, 0.2) is 5.16 Å². The molecule has 1 aromatic carbocycles. The van der Waals surface area contributed by atoms with Crippen molar-refractivity contribution < 1.29 is 9.18 Å². The van der Waals surface area contributed by atoms with Crippen LogP contribution in [0.15, 0.2) is 54.1 Å². The maximum absolute atomic E-state index is 13.5. The van der Waals surface area contributed by atoms with Crippen LogP contribution < -0.4 is 5.32 Å². The summed E-state index contributed by atoms with van der Waals surface area (Å²) in [6.45, 7) is 5.80. The van der Waals surface area contributed by atoms with Crippen LogP contribution in [-0.4, -0.2) is 30.5 Å². The summed E-state index contributed by atoms with van der Waals surface area (Å²) in [5, 5.41) is 7.34. The number of carbonyl (C=O) groups is 1. The van der Waals surface area contributed by atoms with E-state index in [4.69, 9.17) is 0 Å². The average Bonchev–Trinajstić information content (AvgIpc) is 3.24. The van der Waals surface area contributed by atoms with Gasteiger partial charge in [0.05, 0.1) is 17.1 Å². The Morgan fingerprint density at radius 1 is 1.23 bits per heavy atom. The lowest BCUT2D eigenvalue weighted by molar-refractivity contribution is -0.115. The number of nitrogens with one attached hydrogen (secondary N) is 1. The van der Waals surface area contributed by atoms with Crippen molar-refractivity contribution in [3.8, 4) is 5.69 Å². The fraction of sp³-hybridized carbons (Fsp3) is 0.278. The molecule has 0 fully saturated rings. The number of carbonyl (C=O) groups excluding carboxylic acids is 1. The standard InChI is InChI=1S/C18H20FN5OS/c1-12(2)24-16(7-8-21-24)22-17(25)13(3)26-18-20-9-10-23(18)15-6-4-5-14(19)11-15/h4-13H,1-3H3,(H,22,25)/t13-/m0/s1. The van der Waals surface area contributed by atoms with Gasteiger partial charge in [-0.25, -0.2) is 14.1 Å². The summed E-state index contributed by atoms with van der Waals surface area (Å²) >= 11 is 1.31. The van der Waals surface area contributed by atoms with Crippen LogP contribution in [0.4, 0.5) is 10.2 Å². The summed E-state index contributed by atoms with van der Waals surface area (Å²) in [7, 11) is 0. The van der Waals surface area contributed by atoms with Crippen molar-refractivity contribution in [1.29, 1.82) is 0 Å². The average molecular weight is 373 g/mol. The molecule has 3 aromatic rings. The Bertz CT molecular complexity index is 904. The van der Waals surface area contributed by atoms with E-state index in [1.165, 1.54) is 23.9 Å². The van der Waals surface area contributed by atoms with E-state index >= 15 is 0 Å². The molecule has 2 heterocycles. The Kier molecular flexibility index (Phi) is 5.41. The first-order valence-corrected chi connectivity index (χ1v) is 9.14. The Labute approximate surface area is 155 Å². The van der Waals surface area contributed by atoms with Gasteiger partial charge in [0.25, 0.3) is 0 Å². The topological polar surface area (TPSA) is 64.7 Å². The van der Waals surface area contributed by atoms with Crippen LogP contribution in [0.2, 0.25) is 0 Å². The van der Waals surface area contributed by atoms with Crippen molar-refractivity contribution >= 4 is 23.5 Å².